The molecule has 0 amide bonds. The number of halogens is 1. The molecule has 1 aromatic heterocycles. The van der Waals surface area contributed by atoms with Crippen LogP contribution in [0.4, 0.5) is 0 Å². The Morgan fingerprint density at radius 3 is 2.52 bits per heavy atom. The first-order valence-corrected chi connectivity index (χ1v) is 8.48. The highest BCUT2D eigenvalue weighted by molar-refractivity contribution is 7.89. The Balaban J connectivity index is 1.94. The Morgan fingerprint density at radius 2 is 1.90 bits per heavy atom. The highest BCUT2D eigenvalue weighted by atomic mass is 35.5. The molecule has 1 unspecified atom stereocenters. The van der Waals surface area contributed by atoms with E-state index < -0.39 is 10.0 Å². The summed E-state index contributed by atoms with van der Waals surface area (Å²) in [6, 6.07) is 12.9. The van der Waals surface area contributed by atoms with E-state index in [0.29, 0.717) is 6.54 Å². The summed E-state index contributed by atoms with van der Waals surface area (Å²) in [5.74, 6) is 0.197. The Labute approximate surface area is 130 Å². The zero-order valence-corrected chi connectivity index (χ0v) is 13.2. The summed E-state index contributed by atoms with van der Waals surface area (Å²) >= 11 is 5.65. The third-order valence-electron chi connectivity index (χ3n) is 3.06. The van der Waals surface area contributed by atoms with Crippen LogP contribution in [-0.4, -0.2) is 19.9 Å². The predicted octanol–water partition coefficient (Wildman–Crippen LogP) is 2.89. The van der Waals surface area contributed by atoms with Gasteiger partial charge in [-0.3, -0.25) is 0 Å². The van der Waals surface area contributed by atoms with Crippen molar-refractivity contribution in [1.29, 1.82) is 0 Å². The van der Waals surface area contributed by atoms with Gasteiger partial charge in [0.25, 0.3) is 0 Å². The van der Waals surface area contributed by atoms with Crippen LogP contribution in [0.5, 0.6) is 0 Å². The molecule has 21 heavy (non-hydrogen) atoms. The fraction of sp³-hybridized carbons (Fsp3) is 0.267. The van der Waals surface area contributed by atoms with Gasteiger partial charge in [-0.1, -0.05) is 48.9 Å². The third-order valence-corrected chi connectivity index (χ3v) is 4.69. The standard InChI is InChI=1S/C15H17ClN2O2S/c1-12(9-13-5-3-2-4-6-13)10-18-21(19,20)14-7-8-15(16)17-11-14/h2-8,11-12,18H,9-10H2,1H3. The smallest absolute Gasteiger partial charge is 0.242 e. The molecule has 0 aliphatic carbocycles. The molecule has 0 radical (unpaired) electrons. The molecule has 0 bridgehead atoms. The summed E-state index contributed by atoms with van der Waals surface area (Å²) < 4.78 is 26.8. The maximum atomic E-state index is 12.1. The number of nitrogens with one attached hydrogen (secondary N) is 1. The van der Waals surface area contributed by atoms with Gasteiger partial charge in [0, 0.05) is 12.7 Å². The number of sulfonamides is 1. The monoisotopic (exact) mass is 324 g/mol. The molecule has 1 N–H and O–H groups in total. The van der Waals surface area contributed by atoms with E-state index in [1.807, 2.05) is 37.3 Å². The van der Waals surface area contributed by atoms with E-state index in [-0.39, 0.29) is 16.0 Å². The van der Waals surface area contributed by atoms with Crippen molar-refractivity contribution in [1.82, 2.24) is 9.71 Å². The third kappa shape index (κ3) is 4.81. The van der Waals surface area contributed by atoms with E-state index in [1.165, 1.54) is 23.9 Å². The number of benzene rings is 1. The summed E-state index contributed by atoms with van der Waals surface area (Å²) in [7, 11) is -3.54. The van der Waals surface area contributed by atoms with Crippen LogP contribution in [0, 0.1) is 5.92 Å². The van der Waals surface area contributed by atoms with Crippen molar-refractivity contribution in [3.63, 3.8) is 0 Å². The van der Waals surface area contributed by atoms with Crippen LogP contribution in [0.3, 0.4) is 0 Å². The summed E-state index contributed by atoms with van der Waals surface area (Å²) in [6.07, 6.45) is 2.08. The zero-order valence-electron chi connectivity index (χ0n) is 11.7. The van der Waals surface area contributed by atoms with E-state index >= 15 is 0 Å². The van der Waals surface area contributed by atoms with Crippen molar-refractivity contribution >= 4 is 21.6 Å². The summed E-state index contributed by atoms with van der Waals surface area (Å²) in [6.45, 7) is 2.38. The number of hydrogen-bond donors (Lipinski definition) is 1. The van der Waals surface area contributed by atoms with Gasteiger partial charge in [0.2, 0.25) is 10.0 Å². The molecule has 6 heteroatoms. The Hall–Kier alpha value is -1.43. The number of aromatic nitrogens is 1. The van der Waals surface area contributed by atoms with Crippen molar-refractivity contribution in [3.05, 3.63) is 59.4 Å². The predicted molar refractivity (Wildman–Crippen MR) is 83.7 cm³/mol. The number of rotatable bonds is 6. The molecule has 4 nitrogen and oxygen atoms in total. The van der Waals surface area contributed by atoms with Gasteiger partial charge >= 0.3 is 0 Å². The van der Waals surface area contributed by atoms with Crippen LogP contribution >= 0.6 is 11.6 Å². The molecule has 1 atom stereocenters. The van der Waals surface area contributed by atoms with E-state index in [0.717, 1.165) is 6.42 Å². The first-order chi connectivity index (χ1) is 9.97. The summed E-state index contributed by atoms with van der Waals surface area (Å²) in [4.78, 5) is 3.91. The van der Waals surface area contributed by atoms with Crippen molar-refractivity contribution in [2.24, 2.45) is 5.92 Å². The molecule has 1 aromatic carbocycles. The van der Waals surface area contributed by atoms with Gasteiger partial charge in [-0.15, -0.1) is 0 Å². The SMILES string of the molecule is CC(CNS(=O)(=O)c1ccc(Cl)nc1)Cc1ccccc1. The topological polar surface area (TPSA) is 59.1 Å². The zero-order chi connectivity index (χ0) is 15.3. The fourth-order valence-corrected chi connectivity index (χ4v) is 3.17. The second kappa shape index (κ2) is 7.02. The van der Waals surface area contributed by atoms with E-state index in [4.69, 9.17) is 11.6 Å². The first kappa shape index (κ1) is 15.9. The van der Waals surface area contributed by atoms with Crippen molar-refractivity contribution in [2.75, 3.05) is 6.54 Å². The number of nitrogens with zero attached hydrogens (tertiary/aromatic N) is 1. The molecule has 0 spiro atoms. The van der Waals surface area contributed by atoms with E-state index in [9.17, 15) is 8.42 Å². The maximum absolute atomic E-state index is 12.1. The molecule has 0 aliphatic rings. The second-order valence-electron chi connectivity index (χ2n) is 4.96. The van der Waals surface area contributed by atoms with Gasteiger partial charge in [-0.2, -0.15) is 0 Å². The fourth-order valence-electron chi connectivity index (χ4n) is 1.95. The van der Waals surface area contributed by atoms with Gasteiger partial charge < -0.3 is 0 Å². The quantitative estimate of drug-likeness (QED) is 0.831. The van der Waals surface area contributed by atoms with E-state index in [2.05, 4.69) is 9.71 Å². The van der Waals surface area contributed by atoms with E-state index in [1.54, 1.807) is 0 Å². The molecule has 0 saturated heterocycles. The minimum atomic E-state index is -3.54. The van der Waals surface area contributed by atoms with Gasteiger partial charge in [-0.25, -0.2) is 18.1 Å². The largest absolute Gasteiger partial charge is 0.243 e. The lowest BCUT2D eigenvalue weighted by Gasteiger charge is -2.13. The molecular formula is C15H17ClN2O2S. The average molecular weight is 325 g/mol. The average Bonchev–Trinajstić information content (AvgIpc) is 2.47. The van der Waals surface area contributed by atoms with Gasteiger partial charge in [0.15, 0.2) is 0 Å². The molecular weight excluding hydrogens is 308 g/mol. The number of hydrogen-bond acceptors (Lipinski definition) is 3. The Bertz CT molecular complexity index is 673. The molecule has 2 aromatic rings. The van der Waals surface area contributed by atoms with Gasteiger partial charge in [0.05, 0.1) is 0 Å². The highest BCUT2D eigenvalue weighted by Gasteiger charge is 2.15. The normalized spacial score (nSPS) is 13.0. The molecule has 112 valence electrons. The van der Waals surface area contributed by atoms with Crippen LogP contribution in [0.25, 0.3) is 0 Å². The first-order valence-electron chi connectivity index (χ1n) is 6.62. The molecule has 0 fully saturated rings. The van der Waals surface area contributed by atoms with Crippen molar-refractivity contribution < 1.29 is 8.42 Å². The van der Waals surface area contributed by atoms with Crippen LogP contribution in [0.15, 0.2) is 53.6 Å². The molecule has 0 aliphatic heterocycles. The van der Waals surface area contributed by atoms with Crippen molar-refractivity contribution in [3.8, 4) is 0 Å². The molecule has 0 saturated carbocycles. The van der Waals surface area contributed by atoms with Crippen molar-refractivity contribution in [2.45, 2.75) is 18.2 Å². The lowest BCUT2D eigenvalue weighted by Crippen LogP contribution is -2.29. The van der Waals surface area contributed by atoms with Crippen LogP contribution < -0.4 is 4.72 Å². The number of pyridine rings is 1. The van der Waals surface area contributed by atoms with Gasteiger partial charge in [-0.05, 0) is 30.0 Å². The van der Waals surface area contributed by atoms with Crippen LogP contribution in [-0.2, 0) is 16.4 Å². The van der Waals surface area contributed by atoms with Crippen LogP contribution in [0.2, 0.25) is 5.15 Å². The molecule has 2 rings (SSSR count). The Kier molecular flexibility index (Phi) is 5.33. The maximum Gasteiger partial charge on any atom is 0.242 e. The summed E-state index contributed by atoms with van der Waals surface area (Å²) in [5.41, 5.74) is 1.19. The van der Waals surface area contributed by atoms with Crippen LogP contribution in [0.1, 0.15) is 12.5 Å². The Morgan fingerprint density at radius 1 is 1.19 bits per heavy atom. The molecule has 1 heterocycles. The second-order valence-corrected chi connectivity index (χ2v) is 7.12. The highest BCUT2D eigenvalue weighted by Crippen LogP contribution is 2.12. The minimum absolute atomic E-state index is 0.124. The van der Waals surface area contributed by atoms with Gasteiger partial charge in [0.1, 0.15) is 10.0 Å². The minimum Gasteiger partial charge on any atom is -0.243 e. The summed E-state index contributed by atoms with van der Waals surface area (Å²) in [5, 5.41) is 0.270. The lowest BCUT2D eigenvalue weighted by atomic mass is 10.0. The lowest BCUT2D eigenvalue weighted by molar-refractivity contribution is 0.537.